The summed E-state index contributed by atoms with van der Waals surface area (Å²) >= 11 is 0. The summed E-state index contributed by atoms with van der Waals surface area (Å²) in [6.07, 6.45) is 2.92. The van der Waals surface area contributed by atoms with Crippen molar-refractivity contribution in [2.24, 2.45) is 0 Å². The number of carbonyl (C=O) groups is 1. The molecule has 0 atom stereocenters. The van der Waals surface area contributed by atoms with Crippen molar-refractivity contribution in [1.82, 2.24) is 4.98 Å². The number of nitrogens with zero attached hydrogens (tertiary/aromatic N) is 1. The lowest BCUT2D eigenvalue weighted by atomic mass is 10.1. The molecule has 1 heterocycles. The van der Waals surface area contributed by atoms with Crippen molar-refractivity contribution < 1.29 is 14.6 Å². The molecule has 1 aromatic heterocycles. The van der Waals surface area contributed by atoms with E-state index in [0.29, 0.717) is 18.7 Å². The minimum absolute atomic E-state index is 0.594. The van der Waals surface area contributed by atoms with Crippen molar-refractivity contribution in [1.29, 1.82) is 0 Å². The van der Waals surface area contributed by atoms with Gasteiger partial charge in [0.1, 0.15) is 17.1 Å². The van der Waals surface area contributed by atoms with Gasteiger partial charge in [0.15, 0.2) is 0 Å². The Morgan fingerprint density at radius 2 is 2.16 bits per heavy atom. The number of anilines is 1. The number of rotatable bonds is 4. The molecule has 0 bridgehead atoms. The van der Waals surface area contributed by atoms with Crippen molar-refractivity contribution in [3.8, 4) is 5.75 Å². The van der Waals surface area contributed by atoms with Crippen LogP contribution in [0.15, 0.2) is 30.5 Å². The van der Waals surface area contributed by atoms with Gasteiger partial charge in [0.05, 0.1) is 7.11 Å². The highest BCUT2D eigenvalue weighted by Gasteiger charge is 2.50. The number of aliphatic carboxylic acids is 1. The molecule has 5 heteroatoms. The second-order valence-corrected chi connectivity index (χ2v) is 4.73. The fourth-order valence-electron chi connectivity index (χ4n) is 2.20. The van der Waals surface area contributed by atoms with E-state index in [1.807, 2.05) is 24.3 Å². The quantitative estimate of drug-likeness (QED) is 0.880. The first-order valence-electron chi connectivity index (χ1n) is 6.10. The van der Waals surface area contributed by atoms with Crippen LogP contribution in [0.1, 0.15) is 12.8 Å². The number of carboxylic acids is 1. The van der Waals surface area contributed by atoms with Crippen LogP contribution in [-0.4, -0.2) is 28.7 Å². The minimum atomic E-state index is -0.843. The van der Waals surface area contributed by atoms with Gasteiger partial charge in [0.25, 0.3) is 0 Å². The predicted molar refractivity (Wildman–Crippen MR) is 71.5 cm³/mol. The van der Waals surface area contributed by atoms with Crippen LogP contribution in [0.2, 0.25) is 0 Å². The van der Waals surface area contributed by atoms with Crippen LogP contribution in [-0.2, 0) is 4.79 Å². The Labute approximate surface area is 110 Å². The van der Waals surface area contributed by atoms with E-state index in [1.54, 1.807) is 13.3 Å². The first-order chi connectivity index (χ1) is 9.16. The lowest BCUT2D eigenvalue weighted by molar-refractivity contribution is -0.138. The van der Waals surface area contributed by atoms with Gasteiger partial charge in [0, 0.05) is 17.0 Å². The van der Waals surface area contributed by atoms with Crippen molar-refractivity contribution in [3.05, 3.63) is 30.5 Å². The van der Waals surface area contributed by atoms with Gasteiger partial charge in [-0.3, -0.25) is 0 Å². The Morgan fingerprint density at radius 3 is 2.79 bits per heavy atom. The van der Waals surface area contributed by atoms with Gasteiger partial charge in [-0.05, 0) is 25.0 Å². The van der Waals surface area contributed by atoms with Crippen molar-refractivity contribution in [3.63, 3.8) is 0 Å². The number of fused-ring (bicyclic) bond motifs is 1. The van der Waals surface area contributed by atoms with E-state index >= 15 is 0 Å². The number of ether oxygens (including phenoxy) is 1. The molecule has 2 N–H and O–H groups in total. The molecular weight excluding hydrogens is 244 g/mol. The fourth-order valence-corrected chi connectivity index (χ4v) is 2.20. The fraction of sp³-hybridized carbons (Fsp3) is 0.286. The second-order valence-electron chi connectivity index (χ2n) is 4.73. The molecule has 98 valence electrons. The molecule has 3 rings (SSSR count). The Bertz CT molecular complexity index is 650. The number of benzene rings is 1. The highest BCUT2D eigenvalue weighted by atomic mass is 16.5. The predicted octanol–water partition coefficient (Wildman–Crippen LogP) is 2.27. The van der Waals surface area contributed by atoms with E-state index in [1.165, 1.54) is 0 Å². The molecule has 0 saturated heterocycles. The van der Waals surface area contributed by atoms with Crippen LogP contribution in [0.25, 0.3) is 10.8 Å². The van der Waals surface area contributed by atoms with E-state index in [4.69, 9.17) is 4.74 Å². The van der Waals surface area contributed by atoms with Crippen LogP contribution >= 0.6 is 0 Å². The lowest BCUT2D eigenvalue weighted by Gasteiger charge is -2.15. The minimum Gasteiger partial charge on any atom is -0.496 e. The molecule has 1 saturated carbocycles. The summed E-state index contributed by atoms with van der Waals surface area (Å²) < 4.78 is 5.30. The first-order valence-corrected chi connectivity index (χ1v) is 6.10. The van der Waals surface area contributed by atoms with Gasteiger partial charge in [0.2, 0.25) is 0 Å². The average molecular weight is 258 g/mol. The number of carboxylic acid groups (broad SMARTS) is 1. The molecule has 1 aliphatic carbocycles. The Morgan fingerprint density at radius 1 is 1.37 bits per heavy atom. The molecule has 0 unspecified atom stereocenters. The summed E-state index contributed by atoms with van der Waals surface area (Å²) in [7, 11) is 1.61. The summed E-state index contributed by atoms with van der Waals surface area (Å²) in [5.41, 5.74) is -0.843. The zero-order chi connectivity index (χ0) is 13.5. The second kappa shape index (κ2) is 4.12. The summed E-state index contributed by atoms with van der Waals surface area (Å²) in [5.74, 6) is 0.522. The van der Waals surface area contributed by atoms with E-state index in [2.05, 4.69) is 10.3 Å². The first kappa shape index (κ1) is 11.8. The summed E-state index contributed by atoms with van der Waals surface area (Å²) in [6, 6.07) is 7.51. The van der Waals surface area contributed by atoms with Gasteiger partial charge in [-0.2, -0.15) is 0 Å². The molecule has 19 heavy (non-hydrogen) atoms. The maximum absolute atomic E-state index is 11.2. The molecule has 0 radical (unpaired) electrons. The molecule has 1 aliphatic rings. The smallest absolute Gasteiger partial charge is 0.329 e. The SMILES string of the molecule is COc1cccc2c(NC3(C(=O)O)CC3)nccc12. The summed E-state index contributed by atoms with van der Waals surface area (Å²) in [5, 5.41) is 14.1. The molecule has 0 aliphatic heterocycles. The number of hydrogen-bond donors (Lipinski definition) is 2. The number of aromatic nitrogens is 1. The monoisotopic (exact) mass is 258 g/mol. The number of nitrogens with one attached hydrogen (secondary N) is 1. The zero-order valence-electron chi connectivity index (χ0n) is 10.5. The zero-order valence-corrected chi connectivity index (χ0v) is 10.5. The maximum Gasteiger partial charge on any atom is 0.329 e. The van der Waals surface area contributed by atoms with Crippen LogP contribution in [0.4, 0.5) is 5.82 Å². The van der Waals surface area contributed by atoms with Crippen molar-refractivity contribution >= 4 is 22.6 Å². The normalized spacial score (nSPS) is 16.1. The van der Waals surface area contributed by atoms with Crippen LogP contribution in [0, 0.1) is 0 Å². The van der Waals surface area contributed by atoms with Gasteiger partial charge in [-0.1, -0.05) is 12.1 Å². The Hall–Kier alpha value is -2.30. The van der Waals surface area contributed by atoms with Gasteiger partial charge in [-0.15, -0.1) is 0 Å². The Kier molecular flexibility index (Phi) is 2.55. The maximum atomic E-state index is 11.2. The standard InChI is InChI=1S/C14H14N2O3/c1-19-11-4-2-3-10-9(11)5-8-15-12(10)16-14(6-7-14)13(17)18/h2-5,8H,6-7H2,1H3,(H,15,16)(H,17,18). The van der Waals surface area contributed by atoms with Crippen LogP contribution in [0.5, 0.6) is 5.75 Å². The molecule has 0 spiro atoms. The molecule has 1 fully saturated rings. The topological polar surface area (TPSA) is 71.5 Å². The summed E-state index contributed by atoms with van der Waals surface area (Å²) in [4.78, 5) is 15.5. The highest BCUT2D eigenvalue weighted by Crippen LogP contribution is 2.40. The molecule has 2 aromatic rings. The average Bonchev–Trinajstić information content (AvgIpc) is 3.19. The molecule has 5 nitrogen and oxygen atoms in total. The van der Waals surface area contributed by atoms with E-state index < -0.39 is 11.5 Å². The van der Waals surface area contributed by atoms with Gasteiger partial charge >= 0.3 is 5.97 Å². The highest BCUT2D eigenvalue weighted by molar-refractivity contribution is 5.98. The Balaban J connectivity index is 2.07. The largest absolute Gasteiger partial charge is 0.496 e. The molecule has 1 aromatic carbocycles. The number of methoxy groups -OCH3 is 1. The molecular formula is C14H14N2O3. The number of pyridine rings is 1. The third-order valence-corrected chi connectivity index (χ3v) is 3.50. The lowest BCUT2D eigenvalue weighted by Crippen LogP contribution is -2.31. The van der Waals surface area contributed by atoms with Crippen molar-refractivity contribution in [2.75, 3.05) is 12.4 Å². The van der Waals surface area contributed by atoms with Gasteiger partial charge < -0.3 is 15.2 Å². The van der Waals surface area contributed by atoms with Gasteiger partial charge in [-0.25, -0.2) is 9.78 Å². The van der Waals surface area contributed by atoms with Crippen LogP contribution in [0.3, 0.4) is 0 Å². The third-order valence-electron chi connectivity index (χ3n) is 3.50. The summed E-state index contributed by atoms with van der Waals surface area (Å²) in [6.45, 7) is 0. The molecule has 0 amide bonds. The van der Waals surface area contributed by atoms with E-state index in [0.717, 1.165) is 16.5 Å². The van der Waals surface area contributed by atoms with Crippen molar-refractivity contribution in [2.45, 2.75) is 18.4 Å². The van der Waals surface area contributed by atoms with E-state index in [9.17, 15) is 9.90 Å². The third kappa shape index (κ3) is 1.87. The van der Waals surface area contributed by atoms with E-state index in [-0.39, 0.29) is 0 Å². The van der Waals surface area contributed by atoms with Crippen LogP contribution < -0.4 is 10.1 Å². The number of hydrogen-bond acceptors (Lipinski definition) is 4.